The predicted molar refractivity (Wildman–Crippen MR) is 205 cm³/mol. The maximum absolute atomic E-state index is 6.87. The highest BCUT2D eigenvalue weighted by Gasteiger charge is 2.44. The van der Waals surface area contributed by atoms with Gasteiger partial charge in [0, 0.05) is 60.8 Å². The fourth-order valence-electron chi connectivity index (χ4n) is 8.47. The Morgan fingerprint density at radius 2 is 1.25 bits per heavy atom. The van der Waals surface area contributed by atoms with Crippen molar-refractivity contribution >= 4 is 78.6 Å². The fourth-order valence-corrected chi connectivity index (χ4v) is 8.47. The number of aromatic nitrogens is 1. The number of nitrogens with zero attached hydrogens (tertiary/aromatic N) is 2. The van der Waals surface area contributed by atoms with Gasteiger partial charge in [-0.25, -0.2) is 0 Å². The minimum atomic E-state index is -0.00903. The van der Waals surface area contributed by atoms with E-state index in [9.17, 15) is 0 Å². The molecule has 2 aromatic heterocycles. The summed E-state index contributed by atoms with van der Waals surface area (Å²) in [5, 5.41) is 4.89. The molecule has 8 aromatic rings. The highest BCUT2D eigenvalue weighted by Crippen LogP contribution is 2.49. The Labute approximate surface area is 281 Å². The van der Waals surface area contributed by atoms with E-state index in [1.165, 1.54) is 72.0 Å². The summed E-state index contributed by atoms with van der Waals surface area (Å²) in [6.07, 6.45) is 0. The molecule has 0 saturated heterocycles. The molecule has 48 heavy (non-hydrogen) atoms. The monoisotopic (exact) mass is 620 g/mol. The number of hydrogen-bond donors (Lipinski definition) is 0. The van der Waals surface area contributed by atoms with Gasteiger partial charge in [-0.1, -0.05) is 120 Å². The van der Waals surface area contributed by atoms with Crippen molar-refractivity contribution in [2.24, 2.45) is 0 Å². The number of para-hydroxylation sites is 4. The fraction of sp³-hybridized carbons (Fsp3) is 0.182. The topological polar surface area (TPSA) is 21.3 Å². The summed E-state index contributed by atoms with van der Waals surface area (Å²) in [4.78, 5) is 2.55. The average molecular weight is 621 g/mol. The number of rotatable bonds is 1. The summed E-state index contributed by atoms with van der Waals surface area (Å²) < 4.78 is 9.49. The zero-order valence-electron chi connectivity index (χ0n) is 28.3. The Hall–Kier alpha value is -5.22. The molecule has 4 heteroatoms. The van der Waals surface area contributed by atoms with Crippen LogP contribution in [0.1, 0.15) is 52.7 Å². The molecular weight excluding hydrogens is 583 g/mol. The Bertz CT molecular complexity index is 2630. The van der Waals surface area contributed by atoms with Crippen LogP contribution >= 0.6 is 0 Å². The lowest BCUT2D eigenvalue weighted by Gasteiger charge is -2.41. The summed E-state index contributed by atoms with van der Waals surface area (Å²) in [7, 11) is 0. The smallest absolute Gasteiger partial charge is 0.333 e. The molecule has 0 amide bonds. The van der Waals surface area contributed by atoms with Crippen LogP contribution < -0.4 is 15.8 Å². The van der Waals surface area contributed by atoms with Crippen molar-refractivity contribution in [2.45, 2.75) is 52.4 Å². The number of hydrogen-bond acceptors (Lipinski definition) is 2. The number of benzene rings is 6. The standard InChI is InChI=1S/C44H37BN2O/c1-43(2,3)26-22-27(44(4,5)6)24-28(23-26)46-36-20-11-9-18-34(36)45-40-37(46)25-33-30-15-8-12-21-38(30)48-42(33)39(40)32-17-13-16-31-29-14-7-10-19-35(29)47(45)41(31)32/h7-25H,1-6H3. The first kappa shape index (κ1) is 27.9. The summed E-state index contributed by atoms with van der Waals surface area (Å²) >= 11 is 0. The molecule has 0 N–H and O–H groups in total. The highest BCUT2D eigenvalue weighted by atomic mass is 16.3. The van der Waals surface area contributed by atoms with Crippen LogP contribution in [-0.4, -0.2) is 11.3 Å². The molecule has 0 bridgehead atoms. The van der Waals surface area contributed by atoms with Gasteiger partial charge in [-0.05, 0) is 69.3 Å². The number of fused-ring (bicyclic) bond motifs is 11. The third kappa shape index (κ3) is 3.61. The van der Waals surface area contributed by atoms with Crippen molar-refractivity contribution in [1.82, 2.24) is 4.48 Å². The minimum absolute atomic E-state index is 0.00735. The summed E-state index contributed by atoms with van der Waals surface area (Å²) in [6, 6.07) is 43.0. The second-order valence-electron chi connectivity index (χ2n) is 15.8. The molecule has 0 saturated carbocycles. The maximum Gasteiger partial charge on any atom is 0.333 e. The van der Waals surface area contributed by atoms with Gasteiger partial charge in [0.25, 0.3) is 0 Å². The van der Waals surface area contributed by atoms with Gasteiger partial charge >= 0.3 is 6.85 Å². The highest BCUT2D eigenvalue weighted by molar-refractivity contribution is 6.90. The van der Waals surface area contributed by atoms with Crippen LogP contribution in [0.4, 0.5) is 17.1 Å². The first-order valence-electron chi connectivity index (χ1n) is 17.1. The van der Waals surface area contributed by atoms with Gasteiger partial charge in [0.15, 0.2) is 0 Å². The van der Waals surface area contributed by atoms with Crippen molar-refractivity contribution in [2.75, 3.05) is 4.90 Å². The second kappa shape index (κ2) is 9.23. The quantitative estimate of drug-likeness (QED) is 0.170. The molecule has 0 fully saturated rings. The second-order valence-corrected chi connectivity index (χ2v) is 15.8. The average Bonchev–Trinajstić information content (AvgIpc) is 3.61. The van der Waals surface area contributed by atoms with Crippen LogP contribution in [0, 0.1) is 0 Å². The van der Waals surface area contributed by atoms with Crippen molar-refractivity contribution in [3.8, 4) is 11.1 Å². The Morgan fingerprint density at radius 3 is 2.02 bits per heavy atom. The van der Waals surface area contributed by atoms with Gasteiger partial charge in [0.1, 0.15) is 11.2 Å². The van der Waals surface area contributed by atoms with Crippen LogP contribution in [0.15, 0.2) is 120 Å². The lowest BCUT2D eigenvalue weighted by atomic mass is 9.45. The molecule has 2 aliphatic heterocycles. The molecule has 0 unspecified atom stereocenters. The zero-order chi connectivity index (χ0) is 32.7. The molecular formula is C44H37BN2O. The first-order valence-corrected chi connectivity index (χ1v) is 17.1. The van der Waals surface area contributed by atoms with Crippen LogP contribution in [0.5, 0.6) is 0 Å². The van der Waals surface area contributed by atoms with Crippen LogP contribution in [0.25, 0.3) is 54.9 Å². The van der Waals surface area contributed by atoms with E-state index < -0.39 is 0 Å². The maximum atomic E-state index is 6.87. The van der Waals surface area contributed by atoms with E-state index in [2.05, 4.69) is 166 Å². The van der Waals surface area contributed by atoms with E-state index in [0.29, 0.717) is 0 Å². The lowest BCUT2D eigenvalue weighted by molar-refractivity contribution is 0.569. The van der Waals surface area contributed by atoms with Gasteiger partial charge in [0.05, 0.1) is 0 Å². The normalized spacial score (nSPS) is 14.0. The molecule has 0 atom stereocenters. The van der Waals surface area contributed by atoms with E-state index in [-0.39, 0.29) is 17.7 Å². The lowest BCUT2D eigenvalue weighted by Crippen LogP contribution is -2.56. The molecule has 0 spiro atoms. The largest absolute Gasteiger partial charge is 0.455 e. The predicted octanol–water partition coefficient (Wildman–Crippen LogP) is 10.7. The summed E-state index contributed by atoms with van der Waals surface area (Å²) in [6.45, 7) is 13.9. The van der Waals surface area contributed by atoms with Crippen molar-refractivity contribution in [1.29, 1.82) is 0 Å². The van der Waals surface area contributed by atoms with Crippen molar-refractivity contribution < 1.29 is 4.42 Å². The number of furan rings is 1. The van der Waals surface area contributed by atoms with E-state index in [4.69, 9.17) is 4.42 Å². The molecule has 0 radical (unpaired) electrons. The Kier molecular flexibility index (Phi) is 5.36. The molecule has 232 valence electrons. The molecule has 4 heterocycles. The molecule has 0 aliphatic carbocycles. The molecule has 6 aromatic carbocycles. The number of anilines is 3. The summed E-state index contributed by atoms with van der Waals surface area (Å²) in [5.74, 6) is 0. The third-order valence-corrected chi connectivity index (χ3v) is 10.8. The van der Waals surface area contributed by atoms with Gasteiger partial charge < -0.3 is 13.8 Å². The van der Waals surface area contributed by atoms with Crippen molar-refractivity contribution in [3.05, 3.63) is 126 Å². The minimum Gasteiger partial charge on any atom is -0.455 e. The van der Waals surface area contributed by atoms with E-state index in [1.807, 2.05) is 0 Å². The molecule has 10 rings (SSSR count). The third-order valence-electron chi connectivity index (χ3n) is 10.8. The van der Waals surface area contributed by atoms with Gasteiger partial charge in [-0.3, -0.25) is 0 Å². The molecule has 3 nitrogen and oxygen atoms in total. The Morgan fingerprint density at radius 1 is 0.583 bits per heavy atom. The van der Waals surface area contributed by atoms with Crippen LogP contribution in [0.2, 0.25) is 0 Å². The van der Waals surface area contributed by atoms with E-state index in [0.717, 1.165) is 21.9 Å². The summed E-state index contributed by atoms with van der Waals surface area (Å²) in [5.41, 5.74) is 15.8. The van der Waals surface area contributed by atoms with E-state index in [1.54, 1.807) is 0 Å². The van der Waals surface area contributed by atoms with Crippen molar-refractivity contribution in [3.63, 3.8) is 0 Å². The zero-order valence-corrected chi connectivity index (χ0v) is 28.3. The Balaban J connectivity index is 1.42. The van der Waals surface area contributed by atoms with Gasteiger partial charge in [-0.2, -0.15) is 0 Å². The SMILES string of the molecule is CC(C)(C)c1cc(N2c3ccccc3B3c4c2cc2c(oc5ccccc52)c4-c2cccc4c5ccccc5n3c24)cc(C(C)(C)C)c1. The molecule has 2 aliphatic rings. The van der Waals surface area contributed by atoms with Gasteiger partial charge in [0.2, 0.25) is 0 Å². The van der Waals surface area contributed by atoms with Gasteiger partial charge in [-0.15, -0.1) is 0 Å². The van der Waals surface area contributed by atoms with Crippen LogP contribution in [-0.2, 0) is 10.8 Å². The van der Waals surface area contributed by atoms with Crippen LogP contribution in [0.3, 0.4) is 0 Å². The van der Waals surface area contributed by atoms with E-state index >= 15 is 0 Å². The first-order chi connectivity index (χ1) is 23.1.